The van der Waals surface area contributed by atoms with Gasteiger partial charge in [0.25, 0.3) is 31.9 Å². The molecule has 2 aromatic carbocycles. The first-order chi connectivity index (χ1) is 33.4. The fraction of sp³-hybridized carbons (Fsp3) is 0.159. The van der Waals surface area contributed by atoms with Gasteiger partial charge in [-0.3, -0.25) is 24.2 Å². The van der Waals surface area contributed by atoms with Crippen LogP contribution in [0, 0.1) is 0 Å². The lowest BCUT2D eigenvalue weighted by Gasteiger charge is -2.26. The number of hydrogen-bond acceptors (Lipinski definition) is 16. The Labute approximate surface area is 416 Å². The molecule has 4 aliphatic rings. The summed E-state index contributed by atoms with van der Waals surface area (Å²) in [6.45, 7) is 1.58. The Morgan fingerprint density at radius 2 is 1.17 bits per heavy atom. The minimum atomic E-state index is -4.09. The smallest absolute Gasteiger partial charge is 0.333 e. The van der Waals surface area contributed by atoms with Crippen molar-refractivity contribution in [2.45, 2.75) is 40.5 Å². The van der Waals surface area contributed by atoms with Gasteiger partial charge in [0.15, 0.2) is 0 Å². The van der Waals surface area contributed by atoms with Crippen LogP contribution in [0.25, 0.3) is 0 Å². The zero-order valence-corrected chi connectivity index (χ0v) is 40.6. The average molecular weight is 1060 g/mol. The molecule has 358 valence electrons. The van der Waals surface area contributed by atoms with Crippen molar-refractivity contribution in [3.63, 3.8) is 0 Å². The first-order valence-corrected chi connectivity index (χ1v) is 26.2. The summed E-state index contributed by atoms with van der Waals surface area (Å²) in [5, 5.41) is 7.95. The number of fused-ring (bicyclic) bond motifs is 3. The number of carbonyl (C=O) groups excluding carboxylic acids is 6. The SMILES string of the molecule is O=C(Nc1ccc(N2C(=O)Cc3cc(C4=NCCC4)ccc3C2=O)nc1)NS(=O)(=O)c1ccc(Cl)s1.O=C(Nc1ccc(N2C(=O)Cc3cc4c(cc3C2=O)CCN4)nc1)NS(=O)(=O)c1ccc(Cl)s1. The van der Waals surface area contributed by atoms with Gasteiger partial charge < -0.3 is 16.0 Å². The van der Waals surface area contributed by atoms with Crippen molar-refractivity contribution in [3.05, 3.63) is 133 Å². The van der Waals surface area contributed by atoms with Gasteiger partial charge in [-0.05, 0) is 114 Å². The molecule has 20 nitrogen and oxygen atoms in total. The molecule has 8 amide bonds. The number of aliphatic imine (C=N–C) groups is 1. The van der Waals surface area contributed by atoms with Crippen LogP contribution in [0.2, 0.25) is 8.67 Å². The second-order valence-electron chi connectivity index (χ2n) is 15.6. The van der Waals surface area contributed by atoms with Gasteiger partial charge in [0.05, 0.1) is 45.3 Å². The lowest BCUT2D eigenvalue weighted by atomic mass is 9.94. The Balaban J connectivity index is 0.000000174. The molecule has 0 bridgehead atoms. The van der Waals surface area contributed by atoms with E-state index in [0.29, 0.717) is 22.3 Å². The number of amides is 8. The third-order valence-corrected chi connectivity index (χ3v) is 17.1. The summed E-state index contributed by atoms with van der Waals surface area (Å²) in [6.07, 6.45) is 5.23. The van der Waals surface area contributed by atoms with Crippen molar-refractivity contribution in [2.75, 3.05) is 38.8 Å². The molecule has 0 unspecified atom stereocenters. The van der Waals surface area contributed by atoms with Gasteiger partial charge in [0.1, 0.15) is 20.1 Å². The highest BCUT2D eigenvalue weighted by Crippen LogP contribution is 2.33. The van der Waals surface area contributed by atoms with Gasteiger partial charge in [-0.15, -0.1) is 22.7 Å². The van der Waals surface area contributed by atoms with E-state index >= 15 is 0 Å². The van der Waals surface area contributed by atoms with Crippen molar-refractivity contribution in [1.29, 1.82) is 0 Å². The highest BCUT2D eigenvalue weighted by Gasteiger charge is 2.36. The molecule has 10 rings (SSSR count). The Bertz CT molecular complexity index is 3440. The number of pyridine rings is 2. The third-order valence-electron chi connectivity index (χ3n) is 11.0. The van der Waals surface area contributed by atoms with E-state index in [-0.39, 0.29) is 52.9 Å². The lowest BCUT2D eigenvalue weighted by Crippen LogP contribution is -2.43. The molecule has 6 aromatic rings. The number of carbonyl (C=O) groups is 6. The van der Waals surface area contributed by atoms with Gasteiger partial charge in [-0.25, -0.2) is 55.6 Å². The van der Waals surface area contributed by atoms with Gasteiger partial charge in [0, 0.05) is 35.6 Å². The van der Waals surface area contributed by atoms with Crippen LogP contribution in [0.15, 0.2) is 105 Å². The molecular weight excluding hydrogens is 1030 g/mol. The minimum Gasteiger partial charge on any atom is -0.384 e. The summed E-state index contributed by atoms with van der Waals surface area (Å²) >= 11 is 13.1. The maximum absolute atomic E-state index is 13.1. The second kappa shape index (κ2) is 19.4. The molecule has 8 heterocycles. The number of nitrogens with zero attached hydrogens (tertiary/aromatic N) is 5. The van der Waals surface area contributed by atoms with Crippen molar-refractivity contribution in [2.24, 2.45) is 4.99 Å². The molecule has 0 spiro atoms. The molecule has 0 aliphatic carbocycles. The number of thiophene rings is 2. The van der Waals surface area contributed by atoms with Gasteiger partial charge in [0.2, 0.25) is 11.8 Å². The van der Waals surface area contributed by atoms with Crippen LogP contribution in [0.5, 0.6) is 0 Å². The van der Waals surface area contributed by atoms with Crippen molar-refractivity contribution in [1.82, 2.24) is 19.4 Å². The molecule has 0 fully saturated rings. The fourth-order valence-corrected chi connectivity index (χ4v) is 12.6. The summed E-state index contributed by atoms with van der Waals surface area (Å²) in [5.74, 6) is -1.61. The number of hydrogen-bond donors (Lipinski definition) is 5. The number of halogens is 2. The van der Waals surface area contributed by atoms with E-state index in [0.717, 1.165) is 87.4 Å². The van der Waals surface area contributed by atoms with Crippen LogP contribution in [-0.2, 0) is 48.9 Å². The largest absolute Gasteiger partial charge is 0.384 e. The van der Waals surface area contributed by atoms with Crippen LogP contribution >= 0.6 is 45.9 Å². The van der Waals surface area contributed by atoms with Crippen LogP contribution in [-0.4, -0.2) is 81.3 Å². The monoisotopic (exact) mass is 1060 g/mol. The molecule has 0 saturated heterocycles. The number of benzene rings is 2. The predicted octanol–water partition coefficient (Wildman–Crippen LogP) is 6.62. The van der Waals surface area contributed by atoms with E-state index in [2.05, 4.69) is 30.9 Å². The van der Waals surface area contributed by atoms with E-state index < -0.39 is 55.7 Å². The maximum Gasteiger partial charge on any atom is 0.333 e. The highest BCUT2D eigenvalue weighted by molar-refractivity contribution is 7.92. The van der Waals surface area contributed by atoms with E-state index in [9.17, 15) is 45.6 Å². The van der Waals surface area contributed by atoms with Gasteiger partial charge in [-0.2, -0.15) is 0 Å². The second-order valence-corrected chi connectivity index (χ2v) is 22.9. The number of sulfonamides is 2. The number of aromatic nitrogens is 2. The molecule has 0 radical (unpaired) electrons. The average Bonchev–Trinajstić information content (AvgIpc) is 4.16. The van der Waals surface area contributed by atoms with E-state index in [1.54, 1.807) is 6.07 Å². The van der Waals surface area contributed by atoms with E-state index in [4.69, 9.17) is 23.2 Å². The molecule has 4 aromatic heterocycles. The lowest BCUT2D eigenvalue weighted by molar-refractivity contribution is -0.118. The summed E-state index contributed by atoms with van der Waals surface area (Å²) in [7, 11) is -8.17. The Kier molecular flexibility index (Phi) is 13.3. The molecule has 0 atom stereocenters. The van der Waals surface area contributed by atoms with E-state index in [1.165, 1.54) is 60.9 Å². The number of anilines is 5. The van der Waals surface area contributed by atoms with E-state index in [1.807, 2.05) is 33.7 Å². The quantitative estimate of drug-likeness (QED) is 0.0953. The van der Waals surface area contributed by atoms with Crippen molar-refractivity contribution < 1.29 is 45.6 Å². The summed E-state index contributed by atoms with van der Waals surface area (Å²) in [5.41, 5.74) is 6.42. The number of imide groups is 2. The minimum absolute atomic E-state index is 0.0386. The summed E-state index contributed by atoms with van der Waals surface area (Å²) < 4.78 is 53.0. The first kappa shape index (κ1) is 48.0. The first-order valence-electron chi connectivity index (χ1n) is 20.8. The maximum atomic E-state index is 13.1. The van der Waals surface area contributed by atoms with Gasteiger partial charge >= 0.3 is 12.1 Å². The van der Waals surface area contributed by atoms with Crippen LogP contribution in [0.1, 0.15) is 55.8 Å². The molecule has 70 heavy (non-hydrogen) atoms. The summed E-state index contributed by atoms with van der Waals surface area (Å²) in [6, 6.07) is 18.1. The zero-order valence-electron chi connectivity index (χ0n) is 35.8. The van der Waals surface area contributed by atoms with Crippen LogP contribution in [0.4, 0.5) is 38.3 Å². The molecule has 4 aliphatic heterocycles. The van der Waals surface area contributed by atoms with Crippen molar-refractivity contribution >= 4 is 136 Å². The van der Waals surface area contributed by atoms with Crippen molar-refractivity contribution in [3.8, 4) is 0 Å². The number of rotatable bonds is 9. The molecular formula is C44H34Cl2N10O10S4. The normalized spacial score (nSPS) is 15.2. The molecule has 5 N–H and O–H groups in total. The zero-order chi connectivity index (χ0) is 49.5. The number of urea groups is 2. The number of nitrogens with one attached hydrogen (secondary N) is 5. The Morgan fingerprint density at radius 1 is 0.629 bits per heavy atom. The Morgan fingerprint density at radius 3 is 1.66 bits per heavy atom. The topological polar surface area (TPSA) is 275 Å². The Hall–Kier alpha value is -7.09. The summed E-state index contributed by atoms with van der Waals surface area (Å²) in [4.78, 5) is 90.8. The molecule has 0 saturated carbocycles. The molecule has 26 heteroatoms. The highest BCUT2D eigenvalue weighted by atomic mass is 35.5. The fourth-order valence-electron chi connectivity index (χ4n) is 7.78. The standard InChI is InChI=1S/C23H18ClN5O5S2.C21H16ClN5O5S2/c24-18-6-8-21(35-18)36(33,34)28-23(32)27-15-4-7-19(26-12-15)29-20(30)11-14-10-13(17-2-1-9-25-17)3-5-16(14)22(29)31;22-16-2-4-19(33-16)34(31,32)26-21(30)25-13-1-3-17(24-10-13)27-18(28)9-12-8-15-11(5-6-23-15)7-14(12)20(27)29/h3-8,10,12H,1-2,9,11H2,(H2,27,28,32);1-4,7-8,10,23H,5-6,9H2,(H2,25,26,30). The predicted molar refractivity (Wildman–Crippen MR) is 263 cm³/mol. The van der Waals surface area contributed by atoms with Crippen LogP contribution < -0.4 is 35.2 Å². The van der Waals surface area contributed by atoms with Gasteiger partial charge in [-0.1, -0.05) is 29.3 Å². The van der Waals surface area contributed by atoms with Crippen LogP contribution in [0.3, 0.4) is 0 Å². The third kappa shape index (κ3) is 10.1.